The van der Waals surface area contributed by atoms with E-state index in [0.29, 0.717) is 6.54 Å². The van der Waals surface area contributed by atoms with Gasteiger partial charge < -0.3 is 9.64 Å². The van der Waals surface area contributed by atoms with Crippen LogP contribution >= 0.6 is 0 Å². The highest BCUT2D eigenvalue weighted by atomic mass is 19.4. The second kappa shape index (κ2) is 7.26. The van der Waals surface area contributed by atoms with Gasteiger partial charge in [0.15, 0.2) is 0 Å². The average Bonchev–Trinajstić information content (AvgIpc) is 2.56. The molecule has 0 N–H and O–H groups in total. The second-order valence-electron chi connectivity index (χ2n) is 5.95. The van der Waals surface area contributed by atoms with Crippen LogP contribution in [0, 0.1) is 6.92 Å². The molecule has 25 heavy (non-hydrogen) atoms. The molecule has 0 aliphatic carbocycles. The first-order chi connectivity index (χ1) is 11.9. The predicted molar refractivity (Wildman–Crippen MR) is 87.4 cm³/mol. The highest BCUT2D eigenvalue weighted by molar-refractivity contribution is 5.31. The molecular formula is C17H19F3N4O. The standard InChI is InChI=1S/C17H19F3N4O/c1-13-6-7-21-16(22-13)24-10-8-23(9-11-24)12-14-2-4-15(5-3-14)25-17(18,19)20/h2-7H,8-12H2,1H3. The molecule has 1 aromatic heterocycles. The Labute approximate surface area is 144 Å². The van der Waals surface area contributed by atoms with Crippen LogP contribution in [0.2, 0.25) is 0 Å². The van der Waals surface area contributed by atoms with E-state index in [9.17, 15) is 13.2 Å². The van der Waals surface area contributed by atoms with Crippen LogP contribution in [0.5, 0.6) is 5.75 Å². The molecule has 2 heterocycles. The smallest absolute Gasteiger partial charge is 0.406 e. The zero-order valence-corrected chi connectivity index (χ0v) is 13.8. The van der Waals surface area contributed by atoms with Gasteiger partial charge in [-0.2, -0.15) is 0 Å². The Morgan fingerprint density at radius 1 is 1.04 bits per heavy atom. The molecular weight excluding hydrogens is 333 g/mol. The molecule has 0 bridgehead atoms. The number of nitrogens with zero attached hydrogens (tertiary/aromatic N) is 4. The molecule has 0 unspecified atom stereocenters. The number of alkyl halides is 3. The Morgan fingerprint density at radius 3 is 2.32 bits per heavy atom. The van der Waals surface area contributed by atoms with Crippen LogP contribution in [0.4, 0.5) is 19.1 Å². The maximum absolute atomic E-state index is 12.2. The van der Waals surface area contributed by atoms with E-state index in [-0.39, 0.29) is 5.75 Å². The first kappa shape index (κ1) is 17.5. The van der Waals surface area contributed by atoms with Crippen molar-refractivity contribution in [1.29, 1.82) is 0 Å². The zero-order chi connectivity index (χ0) is 17.9. The summed E-state index contributed by atoms with van der Waals surface area (Å²) in [6.07, 6.45) is -2.90. The molecule has 2 aromatic rings. The minimum atomic E-state index is -4.66. The number of rotatable bonds is 4. The summed E-state index contributed by atoms with van der Waals surface area (Å²) in [7, 11) is 0. The number of aryl methyl sites for hydroxylation is 1. The lowest BCUT2D eigenvalue weighted by atomic mass is 10.2. The van der Waals surface area contributed by atoms with E-state index in [1.807, 2.05) is 13.0 Å². The molecule has 0 saturated carbocycles. The Balaban J connectivity index is 1.52. The van der Waals surface area contributed by atoms with Crippen molar-refractivity contribution in [3.05, 3.63) is 47.8 Å². The lowest BCUT2D eigenvalue weighted by Crippen LogP contribution is -2.46. The largest absolute Gasteiger partial charge is 0.573 e. The number of anilines is 1. The number of hydrogen-bond acceptors (Lipinski definition) is 5. The predicted octanol–water partition coefficient (Wildman–Crippen LogP) is 3.01. The van der Waals surface area contributed by atoms with Gasteiger partial charge in [0.1, 0.15) is 5.75 Å². The number of aromatic nitrogens is 2. The number of benzene rings is 1. The molecule has 5 nitrogen and oxygen atoms in total. The van der Waals surface area contributed by atoms with Gasteiger partial charge in [0.25, 0.3) is 0 Å². The highest BCUT2D eigenvalue weighted by Gasteiger charge is 2.31. The first-order valence-electron chi connectivity index (χ1n) is 8.01. The van der Waals surface area contributed by atoms with Crippen molar-refractivity contribution in [3.8, 4) is 5.75 Å². The van der Waals surface area contributed by atoms with Crippen LogP contribution < -0.4 is 9.64 Å². The quantitative estimate of drug-likeness (QED) is 0.846. The molecule has 8 heteroatoms. The first-order valence-corrected chi connectivity index (χ1v) is 8.01. The Kier molecular flexibility index (Phi) is 5.08. The summed E-state index contributed by atoms with van der Waals surface area (Å²) in [5, 5.41) is 0. The summed E-state index contributed by atoms with van der Waals surface area (Å²) in [4.78, 5) is 13.1. The normalized spacial score (nSPS) is 16.1. The molecule has 134 valence electrons. The molecule has 0 spiro atoms. The lowest BCUT2D eigenvalue weighted by molar-refractivity contribution is -0.274. The Bertz CT molecular complexity index is 698. The highest BCUT2D eigenvalue weighted by Crippen LogP contribution is 2.23. The van der Waals surface area contributed by atoms with Crippen molar-refractivity contribution in [2.75, 3.05) is 31.1 Å². The molecule has 1 fully saturated rings. The van der Waals surface area contributed by atoms with Crippen LogP contribution in [0.1, 0.15) is 11.3 Å². The van der Waals surface area contributed by atoms with Crippen molar-refractivity contribution in [3.63, 3.8) is 0 Å². The number of hydrogen-bond donors (Lipinski definition) is 0. The third kappa shape index (κ3) is 5.06. The number of piperazine rings is 1. The molecule has 0 amide bonds. The molecule has 0 atom stereocenters. The van der Waals surface area contributed by atoms with Crippen molar-refractivity contribution in [2.24, 2.45) is 0 Å². The van der Waals surface area contributed by atoms with Gasteiger partial charge in [-0.25, -0.2) is 9.97 Å². The summed E-state index contributed by atoms with van der Waals surface area (Å²) >= 11 is 0. The van der Waals surface area contributed by atoms with Gasteiger partial charge in [0.2, 0.25) is 5.95 Å². The van der Waals surface area contributed by atoms with Crippen LogP contribution in [0.15, 0.2) is 36.5 Å². The van der Waals surface area contributed by atoms with Gasteiger partial charge in [-0.3, -0.25) is 4.90 Å². The maximum atomic E-state index is 12.2. The SMILES string of the molecule is Cc1ccnc(N2CCN(Cc3ccc(OC(F)(F)F)cc3)CC2)n1. The monoisotopic (exact) mass is 352 g/mol. The van der Waals surface area contributed by atoms with E-state index < -0.39 is 6.36 Å². The minimum Gasteiger partial charge on any atom is -0.406 e. The fraction of sp³-hybridized carbons (Fsp3) is 0.412. The summed E-state index contributed by atoms with van der Waals surface area (Å²) in [6, 6.07) is 7.89. The van der Waals surface area contributed by atoms with Crippen LogP contribution in [-0.2, 0) is 6.54 Å². The van der Waals surface area contributed by atoms with E-state index in [1.165, 1.54) is 12.1 Å². The van der Waals surface area contributed by atoms with Crippen molar-refractivity contribution in [1.82, 2.24) is 14.9 Å². The fourth-order valence-electron chi connectivity index (χ4n) is 2.75. The van der Waals surface area contributed by atoms with Crippen molar-refractivity contribution in [2.45, 2.75) is 19.8 Å². The van der Waals surface area contributed by atoms with Gasteiger partial charge in [0, 0.05) is 44.6 Å². The van der Waals surface area contributed by atoms with Crippen LogP contribution in [0.3, 0.4) is 0 Å². The summed E-state index contributed by atoms with van der Waals surface area (Å²) < 4.78 is 40.4. The maximum Gasteiger partial charge on any atom is 0.573 e. The van der Waals surface area contributed by atoms with Gasteiger partial charge in [-0.15, -0.1) is 13.2 Å². The third-order valence-electron chi connectivity index (χ3n) is 4.00. The van der Waals surface area contributed by atoms with E-state index in [0.717, 1.165) is 43.4 Å². The van der Waals surface area contributed by atoms with Crippen molar-refractivity contribution >= 4 is 5.95 Å². The third-order valence-corrected chi connectivity index (χ3v) is 4.00. The molecule has 3 rings (SSSR count). The van der Waals surface area contributed by atoms with Crippen LogP contribution in [-0.4, -0.2) is 47.4 Å². The molecule has 1 saturated heterocycles. The average molecular weight is 352 g/mol. The number of halogens is 3. The van der Waals surface area contributed by atoms with E-state index >= 15 is 0 Å². The number of ether oxygens (including phenoxy) is 1. The molecule has 1 aromatic carbocycles. The molecule has 1 aliphatic rings. The summed E-state index contributed by atoms with van der Waals surface area (Å²) in [5.41, 5.74) is 1.89. The van der Waals surface area contributed by atoms with Crippen LogP contribution in [0.25, 0.3) is 0 Å². The summed E-state index contributed by atoms with van der Waals surface area (Å²) in [6.45, 7) is 5.95. The summed E-state index contributed by atoms with van der Waals surface area (Å²) in [5.74, 6) is 0.547. The van der Waals surface area contributed by atoms with Gasteiger partial charge in [-0.05, 0) is 30.7 Å². The van der Waals surface area contributed by atoms with E-state index in [1.54, 1.807) is 18.3 Å². The lowest BCUT2D eigenvalue weighted by Gasteiger charge is -2.34. The minimum absolute atomic E-state index is 0.197. The van der Waals surface area contributed by atoms with Gasteiger partial charge in [-0.1, -0.05) is 12.1 Å². The topological polar surface area (TPSA) is 41.5 Å². The van der Waals surface area contributed by atoms with Gasteiger partial charge >= 0.3 is 6.36 Å². The Morgan fingerprint density at radius 2 is 1.72 bits per heavy atom. The Hall–Kier alpha value is -2.35. The van der Waals surface area contributed by atoms with E-state index in [2.05, 4.69) is 24.5 Å². The second-order valence-corrected chi connectivity index (χ2v) is 5.95. The fourth-order valence-corrected chi connectivity index (χ4v) is 2.75. The van der Waals surface area contributed by atoms with Crippen molar-refractivity contribution < 1.29 is 17.9 Å². The molecule has 1 aliphatic heterocycles. The van der Waals surface area contributed by atoms with E-state index in [4.69, 9.17) is 0 Å². The zero-order valence-electron chi connectivity index (χ0n) is 13.8. The van der Waals surface area contributed by atoms with Gasteiger partial charge in [0.05, 0.1) is 0 Å². The molecule has 0 radical (unpaired) electrons.